The predicted octanol–water partition coefficient (Wildman–Crippen LogP) is 2.66. The van der Waals surface area contributed by atoms with E-state index in [1.165, 1.54) is 5.56 Å². The van der Waals surface area contributed by atoms with Crippen LogP contribution in [-0.4, -0.2) is 16.6 Å². The van der Waals surface area contributed by atoms with Gasteiger partial charge in [-0.1, -0.05) is 25.1 Å². The van der Waals surface area contributed by atoms with Crippen LogP contribution in [0.15, 0.2) is 29.1 Å². The quantitative estimate of drug-likeness (QED) is 0.813. The zero-order valence-electron chi connectivity index (χ0n) is 11.1. The molecule has 2 heterocycles. The van der Waals surface area contributed by atoms with Crippen LogP contribution in [0.2, 0.25) is 0 Å². The van der Waals surface area contributed by atoms with Crippen molar-refractivity contribution in [2.45, 2.75) is 25.7 Å². The number of benzene rings is 1. The first-order valence-corrected chi connectivity index (χ1v) is 7.76. The summed E-state index contributed by atoms with van der Waals surface area (Å²) >= 11 is 2.06. The molecule has 1 aromatic heterocycles. The molecule has 0 amide bonds. The highest BCUT2D eigenvalue weighted by atomic mass is 127. The normalized spacial score (nSPS) is 17.4. The van der Waals surface area contributed by atoms with Crippen molar-refractivity contribution in [2.75, 3.05) is 6.61 Å². The second-order valence-electron chi connectivity index (χ2n) is 4.89. The Morgan fingerprint density at radius 3 is 3.05 bits per heavy atom. The first-order chi connectivity index (χ1) is 9.69. The van der Waals surface area contributed by atoms with Crippen LogP contribution < -0.4 is 10.3 Å². The molecule has 1 N–H and O–H groups in total. The maximum absolute atomic E-state index is 12.0. The lowest BCUT2D eigenvalue weighted by molar-refractivity contribution is 0.257. The lowest BCUT2D eigenvalue weighted by Crippen LogP contribution is -2.26. The Bertz CT molecular complexity index is 697. The topological polar surface area (TPSA) is 55.0 Å². The zero-order chi connectivity index (χ0) is 14.1. The molecule has 0 bridgehead atoms. The van der Waals surface area contributed by atoms with E-state index in [1.807, 2.05) is 25.1 Å². The maximum Gasteiger partial charge on any atom is 0.264 e. The van der Waals surface area contributed by atoms with Gasteiger partial charge in [0.05, 0.1) is 21.8 Å². The van der Waals surface area contributed by atoms with Gasteiger partial charge in [0.1, 0.15) is 11.6 Å². The standard InChI is InChI=1S/C15H15IN2O2/c1-2-11-13(16)15(19)18-14(17-11)10-7-9-5-3-4-6-12(9)20-8-10/h3-6,10H,2,7-8H2,1H3,(H,17,18,19). The zero-order valence-corrected chi connectivity index (χ0v) is 13.3. The number of para-hydroxylation sites is 1. The Morgan fingerprint density at radius 2 is 2.25 bits per heavy atom. The summed E-state index contributed by atoms with van der Waals surface area (Å²) in [5.41, 5.74) is 1.98. The van der Waals surface area contributed by atoms with Crippen molar-refractivity contribution in [3.05, 3.63) is 55.3 Å². The molecule has 5 heteroatoms. The fourth-order valence-corrected chi connectivity index (χ4v) is 3.09. The Morgan fingerprint density at radius 1 is 1.45 bits per heavy atom. The molecule has 2 aromatic rings. The second kappa shape index (κ2) is 5.55. The number of nitrogens with one attached hydrogen (secondary N) is 1. The third-order valence-electron chi connectivity index (χ3n) is 3.55. The highest BCUT2D eigenvalue weighted by molar-refractivity contribution is 14.1. The summed E-state index contributed by atoms with van der Waals surface area (Å²) in [4.78, 5) is 19.5. The highest BCUT2D eigenvalue weighted by Gasteiger charge is 2.24. The summed E-state index contributed by atoms with van der Waals surface area (Å²) in [5, 5.41) is 0. The minimum atomic E-state index is -0.0497. The van der Waals surface area contributed by atoms with E-state index >= 15 is 0 Å². The number of aryl methyl sites for hydroxylation is 1. The van der Waals surface area contributed by atoms with Crippen molar-refractivity contribution in [3.63, 3.8) is 0 Å². The van der Waals surface area contributed by atoms with Crippen molar-refractivity contribution in [1.29, 1.82) is 0 Å². The summed E-state index contributed by atoms with van der Waals surface area (Å²) in [6.07, 6.45) is 1.61. The van der Waals surface area contributed by atoms with Crippen molar-refractivity contribution >= 4 is 22.6 Å². The number of fused-ring (bicyclic) bond motifs is 1. The average Bonchev–Trinajstić information content (AvgIpc) is 2.49. The number of nitrogens with zero attached hydrogens (tertiary/aromatic N) is 1. The molecular weight excluding hydrogens is 367 g/mol. The molecule has 0 saturated carbocycles. The van der Waals surface area contributed by atoms with Gasteiger partial charge in [-0.3, -0.25) is 4.79 Å². The summed E-state index contributed by atoms with van der Waals surface area (Å²) in [7, 11) is 0. The average molecular weight is 382 g/mol. The summed E-state index contributed by atoms with van der Waals surface area (Å²) < 4.78 is 6.46. The molecule has 20 heavy (non-hydrogen) atoms. The van der Waals surface area contributed by atoms with Crippen molar-refractivity contribution < 1.29 is 4.74 Å². The third kappa shape index (κ3) is 2.46. The number of hydrogen-bond donors (Lipinski definition) is 1. The summed E-state index contributed by atoms with van der Waals surface area (Å²) in [6, 6.07) is 8.02. The number of hydrogen-bond acceptors (Lipinski definition) is 3. The number of aromatic nitrogens is 2. The van der Waals surface area contributed by atoms with E-state index in [9.17, 15) is 4.79 Å². The van der Waals surface area contributed by atoms with Crippen molar-refractivity contribution in [2.24, 2.45) is 0 Å². The predicted molar refractivity (Wildman–Crippen MR) is 85.3 cm³/mol. The van der Waals surface area contributed by atoms with Gasteiger partial charge in [0.25, 0.3) is 5.56 Å². The van der Waals surface area contributed by atoms with Gasteiger partial charge >= 0.3 is 0 Å². The Kier molecular flexibility index (Phi) is 3.78. The number of halogens is 1. The lowest BCUT2D eigenvalue weighted by atomic mass is 9.96. The number of H-pyrrole nitrogens is 1. The SMILES string of the molecule is CCc1nc(C2COc3ccccc3C2)[nH]c(=O)c1I. The van der Waals surface area contributed by atoms with Crippen LogP contribution in [0.5, 0.6) is 5.75 Å². The fraction of sp³-hybridized carbons (Fsp3) is 0.333. The molecule has 1 aliphatic rings. The van der Waals surface area contributed by atoms with Crippen LogP contribution in [0, 0.1) is 3.57 Å². The van der Waals surface area contributed by atoms with E-state index in [4.69, 9.17) is 4.74 Å². The monoisotopic (exact) mass is 382 g/mol. The maximum atomic E-state index is 12.0. The molecule has 0 radical (unpaired) electrons. The highest BCUT2D eigenvalue weighted by Crippen LogP contribution is 2.30. The van der Waals surface area contributed by atoms with Crippen LogP contribution in [-0.2, 0) is 12.8 Å². The van der Waals surface area contributed by atoms with E-state index in [0.29, 0.717) is 10.2 Å². The number of ether oxygens (including phenoxy) is 1. The van der Waals surface area contributed by atoms with Crippen LogP contribution in [0.3, 0.4) is 0 Å². The molecule has 0 spiro atoms. The first kappa shape index (κ1) is 13.6. The Labute approximate surface area is 130 Å². The fourth-order valence-electron chi connectivity index (χ4n) is 2.46. The molecule has 1 aromatic carbocycles. The van der Waals surface area contributed by atoms with Crippen LogP contribution >= 0.6 is 22.6 Å². The van der Waals surface area contributed by atoms with Crippen LogP contribution in [0.4, 0.5) is 0 Å². The van der Waals surface area contributed by atoms with Gasteiger partial charge in [0, 0.05) is 0 Å². The molecule has 1 atom stereocenters. The summed E-state index contributed by atoms with van der Waals surface area (Å²) in [6.45, 7) is 2.57. The third-order valence-corrected chi connectivity index (χ3v) is 4.66. The largest absolute Gasteiger partial charge is 0.493 e. The molecule has 4 nitrogen and oxygen atoms in total. The van der Waals surface area contributed by atoms with E-state index in [1.54, 1.807) is 0 Å². The van der Waals surface area contributed by atoms with Crippen molar-refractivity contribution in [3.8, 4) is 5.75 Å². The van der Waals surface area contributed by atoms with Gasteiger partial charge in [0.15, 0.2) is 0 Å². The molecule has 0 fully saturated rings. The molecule has 0 saturated heterocycles. The van der Waals surface area contributed by atoms with Gasteiger partial charge in [-0.25, -0.2) is 4.98 Å². The van der Waals surface area contributed by atoms with Crippen LogP contribution in [0.25, 0.3) is 0 Å². The van der Waals surface area contributed by atoms with Gasteiger partial charge in [-0.05, 0) is 47.1 Å². The number of rotatable bonds is 2. The minimum absolute atomic E-state index is 0.0497. The molecule has 1 aliphatic heterocycles. The molecule has 3 rings (SSSR count). The Balaban J connectivity index is 1.96. The van der Waals surface area contributed by atoms with Gasteiger partial charge in [-0.15, -0.1) is 0 Å². The van der Waals surface area contributed by atoms with Crippen LogP contribution in [0.1, 0.15) is 29.9 Å². The smallest absolute Gasteiger partial charge is 0.264 e. The van der Waals surface area contributed by atoms with E-state index < -0.39 is 0 Å². The Hall–Kier alpha value is -1.37. The second-order valence-corrected chi connectivity index (χ2v) is 5.96. The first-order valence-electron chi connectivity index (χ1n) is 6.68. The number of aromatic amines is 1. The summed E-state index contributed by atoms with van der Waals surface area (Å²) in [5.74, 6) is 1.79. The molecule has 104 valence electrons. The van der Waals surface area contributed by atoms with Gasteiger partial charge in [0.2, 0.25) is 0 Å². The van der Waals surface area contributed by atoms with E-state index in [0.717, 1.165) is 30.1 Å². The van der Waals surface area contributed by atoms with E-state index in [-0.39, 0.29) is 11.5 Å². The lowest BCUT2D eigenvalue weighted by Gasteiger charge is -2.24. The molecule has 0 aliphatic carbocycles. The van der Waals surface area contributed by atoms with Crippen molar-refractivity contribution in [1.82, 2.24) is 9.97 Å². The minimum Gasteiger partial charge on any atom is -0.493 e. The van der Waals surface area contributed by atoms with E-state index in [2.05, 4.69) is 38.6 Å². The molecular formula is C15H15IN2O2. The van der Waals surface area contributed by atoms with Gasteiger partial charge < -0.3 is 9.72 Å². The molecule has 1 unspecified atom stereocenters. The van der Waals surface area contributed by atoms with Gasteiger partial charge in [-0.2, -0.15) is 0 Å².